The third-order valence-corrected chi connectivity index (χ3v) is 5.08. The summed E-state index contributed by atoms with van der Waals surface area (Å²) in [4.78, 5) is 16.4. The lowest BCUT2D eigenvalue weighted by molar-refractivity contribution is 0.101. The summed E-state index contributed by atoms with van der Waals surface area (Å²) in [5, 5.41) is 11.2. The maximum Gasteiger partial charge on any atom is 0.278 e. The minimum Gasteiger partial charge on any atom is -0.471 e. The van der Waals surface area contributed by atoms with Gasteiger partial charge in [-0.05, 0) is 42.5 Å². The fourth-order valence-electron chi connectivity index (χ4n) is 2.67. The van der Waals surface area contributed by atoms with Crippen molar-refractivity contribution in [2.75, 3.05) is 5.32 Å². The highest BCUT2D eigenvalue weighted by Gasteiger charge is 2.14. The van der Waals surface area contributed by atoms with Gasteiger partial charge >= 0.3 is 0 Å². The van der Waals surface area contributed by atoms with Crippen molar-refractivity contribution in [1.82, 2.24) is 24.5 Å². The van der Waals surface area contributed by atoms with Gasteiger partial charge in [-0.25, -0.2) is 18.7 Å². The number of ether oxygens (including phenoxy) is 1. The lowest BCUT2D eigenvalue weighted by Crippen LogP contribution is -2.15. The molecule has 0 spiro atoms. The first-order chi connectivity index (χ1) is 15.0. The molecule has 1 N–H and O–H groups in total. The molecule has 0 unspecified atom stereocenters. The van der Waals surface area contributed by atoms with Crippen LogP contribution in [0.1, 0.15) is 16.1 Å². The van der Waals surface area contributed by atoms with Crippen LogP contribution in [-0.4, -0.2) is 30.5 Å². The van der Waals surface area contributed by atoms with Crippen LogP contribution < -0.4 is 10.1 Å². The Morgan fingerprint density at radius 3 is 2.71 bits per heavy atom. The fraction of sp³-hybridized carbons (Fsp3) is 0.100. The van der Waals surface area contributed by atoms with E-state index in [1.807, 2.05) is 24.3 Å². The smallest absolute Gasteiger partial charge is 0.278 e. The van der Waals surface area contributed by atoms with E-state index in [-0.39, 0.29) is 35.5 Å². The van der Waals surface area contributed by atoms with Crippen molar-refractivity contribution in [3.8, 4) is 5.75 Å². The number of halogens is 3. The van der Waals surface area contributed by atoms with E-state index in [9.17, 15) is 9.18 Å². The summed E-state index contributed by atoms with van der Waals surface area (Å²) in [5.74, 6) is -0.180. The highest BCUT2D eigenvalue weighted by Crippen LogP contribution is 2.20. The van der Waals surface area contributed by atoms with E-state index in [0.29, 0.717) is 5.75 Å². The Balaban J connectivity index is 1.35. The van der Waals surface area contributed by atoms with E-state index in [4.69, 9.17) is 16.3 Å². The zero-order valence-electron chi connectivity index (χ0n) is 15.9. The topological polar surface area (TPSA) is 86.9 Å². The lowest BCUT2D eigenvalue weighted by Gasteiger charge is -2.06. The minimum absolute atomic E-state index is 0.0677. The Labute approximate surface area is 189 Å². The number of nitrogens with one attached hydrogen (secondary N) is 1. The van der Waals surface area contributed by atoms with Gasteiger partial charge in [-0.1, -0.05) is 33.6 Å². The summed E-state index contributed by atoms with van der Waals surface area (Å²) in [5.41, 5.74) is 0.462. The van der Waals surface area contributed by atoms with Gasteiger partial charge in [-0.15, -0.1) is 5.10 Å². The maximum atomic E-state index is 13.9. The van der Waals surface area contributed by atoms with E-state index in [2.05, 4.69) is 36.4 Å². The maximum absolute atomic E-state index is 13.9. The zero-order chi connectivity index (χ0) is 21.8. The number of hydrogen-bond donors (Lipinski definition) is 1. The Morgan fingerprint density at radius 1 is 1.13 bits per heavy atom. The minimum atomic E-state index is -0.482. The molecule has 4 rings (SSSR count). The van der Waals surface area contributed by atoms with E-state index in [1.54, 1.807) is 18.3 Å². The van der Waals surface area contributed by atoms with Crippen LogP contribution in [0.4, 0.5) is 10.3 Å². The number of nitrogens with zero attached hydrogens (tertiary/aromatic N) is 5. The number of aromatic nitrogens is 5. The number of benzene rings is 2. The first kappa shape index (κ1) is 21.0. The molecule has 0 fully saturated rings. The van der Waals surface area contributed by atoms with Gasteiger partial charge in [0.1, 0.15) is 17.9 Å². The monoisotopic (exact) mass is 504 g/mol. The summed E-state index contributed by atoms with van der Waals surface area (Å²) in [6.07, 6.45) is 3.00. The first-order valence-electron chi connectivity index (χ1n) is 9.03. The summed E-state index contributed by atoms with van der Waals surface area (Å²) >= 11 is 9.39. The standard InChI is InChI=1S/C20H15BrClFN6O2/c21-13-4-6-14(7-5-13)31-12-28-9-8-18(26-28)19(30)25-20-24-11-29(27-20)10-15-16(22)2-1-3-17(15)23/h1-9,11H,10,12H2,(H,25,27,30). The van der Waals surface area contributed by atoms with Crippen LogP contribution >= 0.6 is 27.5 Å². The van der Waals surface area contributed by atoms with Gasteiger partial charge in [0, 0.05) is 21.3 Å². The van der Waals surface area contributed by atoms with Gasteiger partial charge in [-0.3, -0.25) is 10.1 Å². The summed E-state index contributed by atoms with van der Waals surface area (Å²) in [6.45, 7) is 0.224. The fourth-order valence-corrected chi connectivity index (χ4v) is 3.15. The predicted octanol–water partition coefficient (Wildman–Crippen LogP) is 4.37. The largest absolute Gasteiger partial charge is 0.471 e. The van der Waals surface area contributed by atoms with Crippen LogP contribution in [0.15, 0.2) is 65.5 Å². The van der Waals surface area contributed by atoms with Crippen LogP contribution in [0.2, 0.25) is 5.02 Å². The Kier molecular flexibility index (Phi) is 6.28. The highest BCUT2D eigenvalue weighted by molar-refractivity contribution is 9.10. The molecule has 0 radical (unpaired) electrons. The number of hydrogen-bond acceptors (Lipinski definition) is 5. The third kappa shape index (κ3) is 5.28. The van der Waals surface area contributed by atoms with Gasteiger partial charge in [0.05, 0.1) is 6.54 Å². The molecular formula is C20H15BrClFN6O2. The molecule has 0 bridgehead atoms. The van der Waals surface area contributed by atoms with Crippen molar-refractivity contribution in [3.05, 3.63) is 87.6 Å². The van der Waals surface area contributed by atoms with E-state index >= 15 is 0 Å². The number of anilines is 1. The molecule has 1 amide bonds. The second-order valence-corrected chi connectivity index (χ2v) is 7.71. The van der Waals surface area contributed by atoms with Crippen molar-refractivity contribution >= 4 is 39.4 Å². The van der Waals surface area contributed by atoms with Gasteiger partial charge < -0.3 is 4.74 Å². The third-order valence-electron chi connectivity index (χ3n) is 4.19. The van der Waals surface area contributed by atoms with Crippen molar-refractivity contribution in [2.45, 2.75) is 13.3 Å². The summed E-state index contributed by atoms with van der Waals surface area (Å²) < 4.78 is 23.4. The van der Waals surface area contributed by atoms with E-state index in [1.165, 1.54) is 27.8 Å². The van der Waals surface area contributed by atoms with Crippen molar-refractivity contribution < 1.29 is 13.9 Å². The average molecular weight is 506 g/mol. The normalized spacial score (nSPS) is 10.8. The molecule has 4 aromatic rings. The van der Waals surface area contributed by atoms with Crippen LogP contribution in [0.5, 0.6) is 5.75 Å². The summed E-state index contributed by atoms with van der Waals surface area (Å²) in [6, 6.07) is 13.4. The van der Waals surface area contributed by atoms with Crippen LogP contribution in [0.3, 0.4) is 0 Å². The molecule has 2 aromatic carbocycles. The molecule has 0 aliphatic rings. The average Bonchev–Trinajstić information content (AvgIpc) is 3.40. The molecule has 0 saturated carbocycles. The Hall–Kier alpha value is -3.24. The SMILES string of the molecule is O=C(Nc1ncn(Cc2c(F)cccc2Cl)n1)c1ccn(COc2ccc(Br)cc2)n1. The Morgan fingerprint density at radius 2 is 1.94 bits per heavy atom. The molecular weight excluding hydrogens is 491 g/mol. The molecule has 0 atom stereocenters. The molecule has 11 heteroatoms. The molecule has 2 aromatic heterocycles. The molecule has 31 heavy (non-hydrogen) atoms. The van der Waals surface area contributed by atoms with Crippen LogP contribution in [0.25, 0.3) is 0 Å². The van der Waals surface area contributed by atoms with Crippen LogP contribution in [-0.2, 0) is 13.3 Å². The van der Waals surface area contributed by atoms with Crippen molar-refractivity contribution in [2.24, 2.45) is 0 Å². The van der Waals surface area contributed by atoms with Crippen molar-refractivity contribution in [3.63, 3.8) is 0 Å². The molecule has 8 nitrogen and oxygen atoms in total. The molecule has 0 aliphatic heterocycles. The van der Waals surface area contributed by atoms with Gasteiger partial charge in [0.15, 0.2) is 12.4 Å². The van der Waals surface area contributed by atoms with Gasteiger partial charge in [-0.2, -0.15) is 5.10 Å². The number of carbonyl (C=O) groups is 1. The quantitative estimate of drug-likeness (QED) is 0.403. The van der Waals surface area contributed by atoms with Crippen molar-refractivity contribution in [1.29, 1.82) is 0 Å². The van der Waals surface area contributed by atoms with E-state index in [0.717, 1.165) is 4.47 Å². The number of amides is 1. The lowest BCUT2D eigenvalue weighted by atomic mass is 10.2. The number of carbonyl (C=O) groups excluding carboxylic acids is 1. The summed E-state index contributed by atoms with van der Waals surface area (Å²) in [7, 11) is 0. The molecule has 0 saturated heterocycles. The molecule has 0 aliphatic carbocycles. The van der Waals surface area contributed by atoms with Gasteiger partial charge in [0.2, 0.25) is 5.95 Å². The zero-order valence-corrected chi connectivity index (χ0v) is 18.2. The second-order valence-electron chi connectivity index (χ2n) is 6.39. The van der Waals surface area contributed by atoms with E-state index < -0.39 is 11.7 Å². The molecule has 2 heterocycles. The second kappa shape index (κ2) is 9.27. The highest BCUT2D eigenvalue weighted by atomic mass is 79.9. The van der Waals surface area contributed by atoms with Crippen LogP contribution in [0, 0.1) is 5.82 Å². The first-order valence-corrected chi connectivity index (χ1v) is 10.2. The number of rotatable bonds is 7. The van der Waals surface area contributed by atoms with Gasteiger partial charge in [0.25, 0.3) is 5.91 Å². The molecule has 158 valence electrons. The Bertz CT molecular complexity index is 1190. The predicted molar refractivity (Wildman–Crippen MR) is 115 cm³/mol.